The van der Waals surface area contributed by atoms with Crippen molar-refractivity contribution in [3.05, 3.63) is 24.3 Å². The third-order valence-corrected chi connectivity index (χ3v) is 4.09. The molecule has 3 rings (SSSR count). The molecule has 4 heteroatoms. The second kappa shape index (κ2) is 4.11. The molecule has 0 amide bonds. The maximum absolute atomic E-state index is 11.5. The van der Waals surface area contributed by atoms with Crippen LogP contribution in [0, 0.1) is 0 Å². The van der Waals surface area contributed by atoms with Gasteiger partial charge in [-0.15, -0.1) is 11.8 Å². The quantitative estimate of drug-likeness (QED) is 0.742. The van der Waals surface area contributed by atoms with E-state index in [1.165, 1.54) is 10.6 Å². The Morgan fingerprint density at radius 3 is 3.00 bits per heavy atom. The lowest BCUT2D eigenvalue weighted by molar-refractivity contribution is -0.122. The van der Waals surface area contributed by atoms with Gasteiger partial charge in [0.2, 0.25) is 0 Å². The van der Waals surface area contributed by atoms with Crippen LogP contribution < -0.4 is 5.01 Å². The molecule has 1 aromatic rings. The summed E-state index contributed by atoms with van der Waals surface area (Å²) in [6.45, 7) is 1.58. The van der Waals surface area contributed by atoms with Gasteiger partial charge >= 0.3 is 0 Å². The van der Waals surface area contributed by atoms with Gasteiger partial charge in [-0.3, -0.25) is 9.80 Å². The molecule has 16 heavy (non-hydrogen) atoms. The Kier molecular flexibility index (Phi) is 2.61. The van der Waals surface area contributed by atoms with Crippen LogP contribution in [0.25, 0.3) is 0 Å². The molecule has 2 aliphatic heterocycles. The standard InChI is InChI=1S/C12H14N2OS/c15-10-4-3-7-13(8-10)14-9-16-12-6-2-1-5-11(12)14/h1-2,5-6H,3-4,7-9H2. The van der Waals surface area contributed by atoms with E-state index in [4.69, 9.17) is 0 Å². The summed E-state index contributed by atoms with van der Waals surface area (Å²) >= 11 is 1.84. The van der Waals surface area contributed by atoms with Gasteiger partial charge in [0.25, 0.3) is 0 Å². The molecule has 3 nitrogen and oxygen atoms in total. The molecular formula is C12H14N2OS. The first-order chi connectivity index (χ1) is 7.84. The van der Waals surface area contributed by atoms with Crippen molar-refractivity contribution in [2.24, 2.45) is 0 Å². The number of hydrogen-bond acceptors (Lipinski definition) is 4. The predicted octanol–water partition coefficient (Wildman–Crippen LogP) is 2.14. The normalized spacial score (nSPS) is 21.2. The number of para-hydroxylation sites is 1. The summed E-state index contributed by atoms with van der Waals surface area (Å²) in [7, 11) is 0. The second-order valence-corrected chi connectivity index (χ2v) is 5.16. The SMILES string of the molecule is O=C1CCCN(N2CSc3ccccc32)C1. The van der Waals surface area contributed by atoms with Gasteiger partial charge in [0.15, 0.2) is 0 Å². The average Bonchev–Trinajstić information content (AvgIpc) is 2.72. The summed E-state index contributed by atoms with van der Waals surface area (Å²) < 4.78 is 0. The number of piperidine rings is 1. The number of fused-ring (bicyclic) bond motifs is 1. The molecule has 0 saturated carbocycles. The number of Topliss-reactive ketones (excluding diaryl/α,β-unsaturated/α-hetero) is 1. The van der Waals surface area contributed by atoms with E-state index in [-0.39, 0.29) is 0 Å². The summed E-state index contributed by atoms with van der Waals surface area (Å²) in [5.74, 6) is 1.30. The Hall–Kier alpha value is -1.00. The topological polar surface area (TPSA) is 23.6 Å². The molecule has 0 N–H and O–H groups in total. The largest absolute Gasteiger partial charge is 0.298 e. The van der Waals surface area contributed by atoms with Gasteiger partial charge in [-0.1, -0.05) is 12.1 Å². The van der Waals surface area contributed by atoms with Crippen LogP contribution in [-0.4, -0.2) is 29.8 Å². The number of hydrazine groups is 1. The first-order valence-electron chi connectivity index (χ1n) is 5.60. The minimum atomic E-state index is 0.362. The Labute approximate surface area is 99.4 Å². The molecule has 0 spiro atoms. The van der Waals surface area contributed by atoms with Gasteiger partial charge in [0.05, 0.1) is 18.1 Å². The highest BCUT2D eigenvalue weighted by molar-refractivity contribution is 7.99. The van der Waals surface area contributed by atoms with Crippen LogP contribution in [0.15, 0.2) is 29.2 Å². The Morgan fingerprint density at radius 1 is 1.25 bits per heavy atom. The molecule has 0 bridgehead atoms. The lowest BCUT2D eigenvalue weighted by Crippen LogP contribution is -2.47. The van der Waals surface area contributed by atoms with Crippen molar-refractivity contribution in [2.75, 3.05) is 24.0 Å². The summed E-state index contributed by atoms with van der Waals surface area (Å²) in [5.41, 5.74) is 1.25. The van der Waals surface area contributed by atoms with Gasteiger partial charge in [0, 0.05) is 17.9 Å². The van der Waals surface area contributed by atoms with Crippen molar-refractivity contribution in [3.63, 3.8) is 0 Å². The zero-order chi connectivity index (χ0) is 11.0. The van der Waals surface area contributed by atoms with Gasteiger partial charge < -0.3 is 0 Å². The number of ketones is 1. The molecular weight excluding hydrogens is 220 g/mol. The van der Waals surface area contributed by atoms with Crippen molar-refractivity contribution in [1.82, 2.24) is 5.01 Å². The lowest BCUT2D eigenvalue weighted by Gasteiger charge is -2.35. The number of carbonyl (C=O) groups excluding carboxylic acids is 1. The fourth-order valence-electron chi connectivity index (χ4n) is 2.25. The maximum atomic E-state index is 11.5. The zero-order valence-corrected chi connectivity index (χ0v) is 9.87. The van der Waals surface area contributed by atoms with E-state index in [1.807, 2.05) is 11.8 Å². The summed E-state index contributed by atoms with van der Waals surface area (Å²) in [4.78, 5) is 12.8. The third kappa shape index (κ3) is 1.72. The van der Waals surface area contributed by atoms with E-state index in [2.05, 4.69) is 34.3 Å². The number of anilines is 1. The lowest BCUT2D eigenvalue weighted by atomic mass is 10.1. The van der Waals surface area contributed by atoms with Crippen LogP contribution in [-0.2, 0) is 4.79 Å². The van der Waals surface area contributed by atoms with Crippen molar-refractivity contribution < 1.29 is 4.79 Å². The van der Waals surface area contributed by atoms with E-state index < -0.39 is 0 Å². The van der Waals surface area contributed by atoms with Crippen molar-refractivity contribution in [2.45, 2.75) is 17.7 Å². The molecule has 0 aliphatic carbocycles. The number of hydrogen-bond donors (Lipinski definition) is 0. The van der Waals surface area contributed by atoms with E-state index in [9.17, 15) is 4.79 Å². The maximum Gasteiger partial charge on any atom is 0.148 e. The first kappa shape index (κ1) is 10.2. The molecule has 0 radical (unpaired) electrons. The smallest absolute Gasteiger partial charge is 0.148 e. The van der Waals surface area contributed by atoms with Crippen LogP contribution in [0.3, 0.4) is 0 Å². The monoisotopic (exact) mass is 234 g/mol. The number of carbonyl (C=O) groups is 1. The Balaban J connectivity index is 1.84. The number of thioether (sulfide) groups is 1. The Bertz CT molecular complexity index is 421. The molecule has 0 unspecified atom stereocenters. The van der Waals surface area contributed by atoms with Crippen LogP contribution >= 0.6 is 11.8 Å². The van der Waals surface area contributed by atoms with E-state index >= 15 is 0 Å². The van der Waals surface area contributed by atoms with Gasteiger partial charge in [0.1, 0.15) is 5.78 Å². The minimum Gasteiger partial charge on any atom is -0.298 e. The Morgan fingerprint density at radius 2 is 2.12 bits per heavy atom. The third-order valence-electron chi connectivity index (χ3n) is 3.06. The molecule has 1 fully saturated rings. The number of benzene rings is 1. The molecule has 84 valence electrons. The van der Waals surface area contributed by atoms with Gasteiger partial charge in [-0.05, 0) is 18.6 Å². The molecule has 0 aromatic heterocycles. The molecule has 2 heterocycles. The van der Waals surface area contributed by atoms with Crippen molar-refractivity contribution in [1.29, 1.82) is 0 Å². The van der Waals surface area contributed by atoms with Crippen LogP contribution in [0.4, 0.5) is 5.69 Å². The minimum absolute atomic E-state index is 0.362. The highest BCUT2D eigenvalue weighted by atomic mass is 32.2. The highest BCUT2D eigenvalue weighted by Crippen LogP contribution is 2.39. The average molecular weight is 234 g/mol. The fraction of sp³-hybridized carbons (Fsp3) is 0.417. The summed E-state index contributed by atoms with van der Waals surface area (Å²) in [6, 6.07) is 8.40. The fourth-order valence-corrected chi connectivity index (χ4v) is 3.31. The molecule has 1 saturated heterocycles. The zero-order valence-electron chi connectivity index (χ0n) is 9.06. The van der Waals surface area contributed by atoms with E-state index in [0.717, 1.165) is 25.3 Å². The summed E-state index contributed by atoms with van der Waals surface area (Å²) in [5, 5.41) is 4.43. The summed E-state index contributed by atoms with van der Waals surface area (Å²) in [6.07, 6.45) is 1.74. The first-order valence-corrected chi connectivity index (χ1v) is 6.59. The van der Waals surface area contributed by atoms with Crippen molar-refractivity contribution >= 4 is 23.2 Å². The molecule has 0 atom stereocenters. The predicted molar refractivity (Wildman–Crippen MR) is 65.5 cm³/mol. The van der Waals surface area contributed by atoms with Gasteiger partial charge in [-0.2, -0.15) is 0 Å². The van der Waals surface area contributed by atoms with E-state index in [1.54, 1.807) is 0 Å². The van der Waals surface area contributed by atoms with Crippen LogP contribution in [0.2, 0.25) is 0 Å². The van der Waals surface area contributed by atoms with Crippen molar-refractivity contribution in [3.8, 4) is 0 Å². The second-order valence-electron chi connectivity index (χ2n) is 4.17. The molecule has 1 aromatic carbocycles. The highest BCUT2D eigenvalue weighted by Gasteiger charge is 2.27. The van der Waals surface area contributed by atoms with Crippen LogP contribution in [0.5, 0.6) is 0 Å². The van der Waals surface area contributed by atoms with Gasteiger partial charge in [-0.25, -0.2) is 5.01 Å². The molecule has 2 aliphatic rings. The number of rotatable bonds is 1. The van der Waals surface area contributed by atoms with E-state index in [0.29, 0.717) is 12.3 Å². The van der Waals surface area contributed by atoms with Crippen LogP contribution in [0.1, 0.15) is 12.8 Å². The number of nitrogens with zero attached hydrogens (tertiary/aromatic N) is 2.